The highest BCUT2D eigenvalue weighted by Crippen LogP contribution is 2.23. The molecular formula is C12H17N3O3S. The maximum atomic E-state index is 12.0. The zero-order chi connectivity index (χ0) is 13.9. The van der Waals surface area contributed by atoms with Crippen LogP contribution in [-0.4, -0.2) is 26.9 Å². The monoisotopic (exact) mass is 283 g/mol. The lowest BCUT2D eigenvalue weighted by Crippen LogP contribution is -2.25. The van der Waals surface area contributed by atoms with Crippen LogP contribution < -0.4 is 15.8 Å². The molecule has 0 spiro atoms. The average Bonchev–Trinajstić information content (AvgIpc) is 3.13. The van der Waals surface area contributed by atoms with E-state index in [0.717, 1.165) is 12.8 Å². The Balaban J connectivity index is 2.11. The molecule has 104 valence electrons. The van der Waals surface area contributed by atoms with Crippen LogP contribution >= 0.6 is 0 Å². The summed E-state index contributed by atoms with van der Waals surface area (Å²) in [6, 6.07) is 6.24. The van der Waals surface area contributed by atoms with E-state index in [-0.39, 0.29) is 29.8 Å². The number of carbonyl (C=O) groups is 1. The molecule has 1 aliphatic rings. The third-order valence-corrected chi connectivity index (χ3v) is 4.22. The molecule has 0 heterocycles. The van der Waals surface area contributed by atoms with E-state index in [9.17, 15) is 13.2 Å². The molecule has 0 bridgehead atoms. The van der Waals surface area contributed by atoms with E-state index in [4.69, 9.17) is 5.73 Å². The number of sulfonamides is 1. The van der Waals surface area contributed by atoms with E-state index in [2.05, 4.69) is 10.0 Å². The highest BCUT2D eigenvalue weighted by atomic mass is 32.2. The SMILES string of the molecule is NCCC(=O)Nc1cccc(S(=O)(=O)NC2CC2)c1. The molecule has 1 amide bonds. The predicted octanol–water partition coefficient (Wildman–Crippen LogP) is 0.415. The van der Waals surface area contributed by atoms with Gasteiger partial charge in [0, 0.05) is 24.7 Å². The minimum Gasteiger partial charge on any atom is -0.330 e. The Morgan fingerprint density at radius 1 is 1.37 bits per heavy atom. The summed E-state index contributed by atoms with van der Waals surface area (Å²) in [4.78, 5) is 11.6. The number of carbonyl (C=O) groups excluding carboxylic acids is 1. The fourth-order valence-corrected chi connectivity index (χ4v) is 2.93. The van der Waals surface area contributed by atoms with Gasteiger partial charge in [0.1, 0.15) is 0 Å². The summed E-state index contributed by atoms with van der Waals surface area (Å²) in [5.74, 6) is -0.229. The fraction of sp³-hybridized carbons (Fsp3) is 0.417. The van der Waals surface area contributed by atoms with Crippen LogP contribution in [0.4, 0.5) is 5.69 Å². The van der Waals surface area contributed by atoms with Crippen LogP contribution in [0.15, 0.2) is 29.2 Å². The number of benzene rings is 1. The summed E-state index contributed by atoms with van der Waals surface area (Å²) >= 11 is 0. The number of hydrogen-bond acceptors (Lipinski definition) is 4. The van der Waals surface area contributed by atoms with Crippen molar-refractivity contribution in [3.8, 4) is 0 Å². The fourth-order valence-electron chi connectivity index (χ4n) is 1.58. The van der Waals surface area contributed by atoms with Crippen LogP contribution in [0.5, 0.6) is 0 Å². The summed E-state index contributed by atoms with van der Waals surface area (Å²) in [5.41, 5.74) is 5.73. The molecule has 2 rings (SSSR count). The lowest BCUT2D eigenvalue weighted by molar-refractivity contribution is -0.116. The zero-order valence-electron chi connectivity index (χ0n) is 10.4. The minimum absolute atomic E-state index is 0.0560. The van der Waals surface area contributed by atoms with Crippen molar-refractivity contribution in [2.45, 2.75) is 30.2 Å². The molecule has 1 fully saturated rings. The lowest BCUT2D eigenvalue weighted by atomic mass is 10.3. The number of nitrogens with one attached hydrogen (secondary N) is 2. The maximum absolute atomic E-state index is 12.0. The molecule has 0 unspecified atom stereocenters. The van der Waals surface area contributed by atoms with E-state index >= 15 is 0 Å². The Morgan fingerprint density at radius 2 is 2.11 bits per heavy atom. The van der Waals surface area contributed by atoms with Crippen LogP contribution in [-0.2, 0) is 14.8 Å². The highest BCUT2D eigenvalue weighted by molar-refractivity contribution is 7.89. The Hall–Kier alpha value is -1.44. The van der Waals surface area contributed by atoms with Crippen molar-refractivity contribution in [3.05, 3.63) is 24.3 Å². The van der Waals surface area contributed by atoms with E-state index in [1.165, 1.54) is 12.1 Å². The van der Waals surface area contributed by atoms with Crippen LogP contribution in [0, 0.1) is 0 Å². The third-order valence-electron chi connectivity index (χ3n) is 2.70. The van der Waals surface area contributed by atoms with Crippen LogP contribution in [0.3, 0.4) is 0 Å². The molecule has 1 aliphatic carbocycles. The van der Waals surface area contributed by atoms with E-state index in [1.807, 2.05) is 0 Å². The molecule has 0 saturated heterocycles. The second-order valence-corrected chi connectivity index (χ2v) is 6.22. The minimum atomic E-state index is -3.49. The molecule has 0 aromatic heterocycles. The molecule has 0 radical (unpaired) electrons. The molecule has 6 nitrogen and oxygen atoms in total. The van der Waals surface area contributed by atoms with Crippen molar-refractivity contribution < 1.29 is 13.2 Å². The topological polar surface area (TPSA) is 101 Å². The van der Waals surface area contributed by atoms with Gasteiger partial charge in [0.25, 0.3) is 0 Å². The van der Waals surface area contributed by atoms with Crippen molar-refractivity contribution >= 4 is 21.6 Å². The normalized spacial score (nSPS) is 15.2. The van der Waals surface area contributed by atoms with Crippen molar-refractivity contribution in [3.63, 3.8) is 0 Å². The van der Waals surface area contributed by atoms with Gasteiger partial charge in [-0.25, -0.2) is 13.1 Å². The van der Waals surface area contributed by atoms with Gasteiger partial charge >= 0.3 is 0 Å². The largest absolute Gasteiger partial charge is 0.330 e. The number of rotatable bonds is 6. The number of anilines is 1. The van der Waals surface area contributed by atoms with Crippen LogP contribution in [0.25, 0.3) is 0 Å². The Labute approximate surface area is 112 Å². The molecule has 0 aliphatic heterocycles. The summed E-state index contributed by atoms with van der Waals surface area (Å²) < 4.78 is 26.6. The molecule has 1 aromatic rings. The van der Waals surface area contributed by atoms with Crippen molar-refractivity contribution in [1.29, 1.82) is 0 Å². The van der Waals surface area contributed by atoms with Crippen molar-refractivity contribution in [2.75, 3.05) is 11.9 Å². The Kier molecular flexibility index (Phi) is 4.18. The predicted molar refractivity (Wildman–Crippen MR) is 72.1 cm³/mol. The van der Waals surface area contributed by atoms with Gasteiger partial charge in [-0.2, -0.15) is 0 Å². The highest BCUT2D eigenvalue weighted by Gasteiger charge is 2.28. The third kappa shape index (κ3) is 4.02. The first-order valence-corrected chi connectivity index (χ1v) is 7.62. The van der Waals surface area contributed by atoms with Gasteiger partial charge in [-0.3, -0.25) is 4.79 Å². The maximum Gasteiger partial charge on any atom is 0.240 e. The van der Waals surface area contributed by atoms with Crippen molar-refractivity contribution in [1.82, 2.24) is 4.72 Å². The second kappa shape index (κ2) is 5.68. The van der Waals surface area contributed by atoms with Gasteiger partial charge in [-0.05, 0) is 31.0 Å². The molecule has 1 saturated carbocycles. The number of hydrogen-bond donors (Lipinski definition) is 3. The molecule has 4 N–H and O–H groups in total. The van der Waals surface area contributed by atoms with E-state index in [0.29, 0.717) is 5.69 Å². The van der Waals surface area contributed by atoms with Crippen molar-refractivity contribution in [2.24, 2.45) is 5.73 Å². The number of nitrogens with two attached hydrogens (primary N) is 1. The van der Waals surface area contributed by atoms with E-state index < -0.39 is 10.0 Å². The second-order valence-electron chi connectivity index (χ2n) is 4.51. The standard InChI is InChI=1S/C12H17N3O3S/c13-7-6-12(16)14-10-2-1-3-11(8-10)19(17,18)15-9-4-5-9/h1-3,8-9,15H,4-7,13H2,(H,14,16). The van der Waals surface area contributed by atoms with Gasteiger partial charge in [0.05, 0.1) is 4.90 Å². The first-order chi connectivity index (χ1) is 9.01. The molecule has 1 aromatic carbocycles. The van der Waals surface area contributed by atoms with Gasteiger partial charge in [0.2, 0.25) is 15.9 Å². The van der Waals surface area contributed by atoms with Gasteiger partial charge in [-0.1, -0.05) is 6.07 Å². The van der Waals surface area contributed by atoms with E-state index in [1.54, 1.807) is 12.1 Å². The first kappa shape index (κ1) is 14.0. The molecule has 0 atom stereocenters. The van der Waals surface area contributed by atoms with Crippen LogP contribution in [0.2, 0.25) is 0 Å². The first-order valence-electron chi connectivity index (χ1n) is 6.13. The average molecular weight is 283 g/mol. The quantitative estimate of drug-likeness (QED) is 0.704. The molecular weight excluding hydrogens is 266 g/mol. The number of amides is 1. The Morgan fingerprint density at radius 3 is 2.74 bits per heavy atom. The summed E-state index contributed by atoms with van der Waals surface area (Å²) in [7, 11) is -3.49. The smallest absolute Gasteiger partial charge is 0.240 e. The molecule has 19 heavy (non-hydrogen) atoms. The summed E-state index contributed by atoms with van der Waals surface area (Å²) in [6.07, 6.45) is 1.97. The van der Waals surface area contributed by atoms with Gasteiger partial charge in [-0.15, -0.1) is 0 Å². The van der Waals surface area contributed by atoms with Gasteiger partial charge in [0.15, 0.2) is 0 Å². The van der Waals surface area contributed by atoms with Gasteiger partial charge < -0.3 is 11.1 Å². The molecule has 7 heteroatoms. The zero-order valence-corrected chi connectivity index (χ0v) is 11.2. The Bertz CT molecular complexity index is 567. The summed E-state index contributed by atoms with van der Waals surface area (Å²) in [6.45, 7) is 0.257. The summed E-state index contributed by atoms with van der Waals surface area (Å²) in [5, 5.41) is 2.61. The van der Waals surface area contributed by atoms with Crippen LogP contribution in [0.1, 0.15) is 19.3 Å². The lowest BCUT2D eigenvalue weighted by Gasteiger charge is -2.08.